The number of esters is 1. The number of hydrogen-bond acceptors (Lipinski definition) is 3. The fourth-order valence-corrected chi connectivity index (χ4v) is 1.11. The Morgan fingerprint density at radius 1 is 1.46 bits per heavy atom. The van der Waals surface area contributed by atoms with E-state index in [0.717, 1.165) is 13.1 Å². The Kier molecular flexibility index (Phi) is 4.71. The van der Waals surface area contributed by atoms with E-state index in [1.54, 1.807) is 0 Å². The molecule has 1 rings (SSSR count). The molecule has 0 aromatic carbocycles. The highest BCUT2D eigenvalue weighted by Crippen LogP contribution is 2.13. The van der Waals surface area contributed by atoms with Gasteiger partial charge in [0.05, 0.1) is 6.42 Å². The van der Waals surface area contributed by atoms with Gasteiger partial charge in [-0.2, -0.15) is 0 Å². The van der Waals surface area contributed by atoms with Gasteiger partial charge in [-0.1, -0.05) is 0 Å². The lowest BCUT2D eigenvalue weighted by molar-refractivity contribution is -0.156. The molecule has 0 aromatic heterocycles. The van der Waals surface area contributed by atoms with E-state index in [9.17, 15) is 4.79 Å². The lowest BCUT2D eigenvalue weighted by Crippen LogP contribution is -2.43. The zero-order valence-corrected chi connectivity index (χ0v) is 9.24. The quantitative estimate of drug-likeness (QED) is 0.695. The summed E-state index contributed by atoms with van der Waals surface area (Å²) in [6.45, 7) is 7.59. The zero-order chi connectivity index (χ0) is 9.19. The van der Waals surface area contributed by atoms with E-state index in [4.69, 9.17) is 4.74 Å². The minimum absolute atomic E-state index is 0. The van der Waals surface area contributed by atoms with Crippen LogP contribution >= 0.6 is 12.4 Å². The average Bonchev–Trinajstić information content (AvgIpc) is 1.74. The van der Waals surface area contributed by atoms with Crippen molar-refractivity contribution in [1.29, 1.82) is 0 Å². The summed E-state index contributed by atoms with van der Waals surface area (Å²) in [6, 6.07) is 0. The van der Waals surface area contributed by atoms with Gasteiger partial charge in [-0.05, 0) is 39.8 Å². The number of halogens is 1. The highest BCUT2D eigenvalue weighted by molar-refractivity contribution is 5.85. The minimum atomic E-state index is -0.339. The maximum absolute atomic E-state index is 11.2. The van der Waals surface area contributed by atoms with Crippen LogP contribution in [0.25, 0.3) is 0 Å². The van der Waals surface area contributed by atoms with Gasteiger partial charge in [0, 0.05) is 0 Å². The summed E-state index contributed by atoms with van der Waals surface area (Å²) in [6.07, 6.45) is 0.560. The molecule has 1 fully saturated rings. The molecule has 4 heteroatoms. The summed E-state index contributed by atoms with van der Waals surface area (Å²) in [5.74, 6) is 0.425. The predicted molar refractivity (Wildman–Crippen MR) is 54.1 cm³/mol. The summed E-state index contributed by atoms with van der Waals surface area (Å²) < 4.78 is 5.18. The van der Waals surface area contributed by atoms with Crippen molar-refractivity contribution >= 4 is 18.4 Å². The van der Waals surface area contributed by atoms with Crippen molar-refractivity contribution in [3.8, 4) is 0 Å². The molecule has 0 amide bonds. The van der Waals surface area contributed by atoms with E-state index in [1.807, 2.05) is 20.8 Å². The molecule has 0 aromatic rings. The van der Waals surface area contributed by atoms with Crippen LogP contribution in [-0.4, -0.2) is 24.7 Å². The van der Waals surface area contributed by atoms with Crippen molar-refractivity contribution in [3.05, 3.63) is 0 Å². The van der Waals surface area contributed by atoms with E-state index >= 15 is 0 Å². The number of hydrogen-bond donors (Lipinski definition) is 1. The Bertz CT molecular complexity index is 173. The number of nitrogens with one attached hydrogen (secondary N) is 1. The van der Waals surface area contributed by atoms with Crippen molar-refractivity contribution in [2.75, 3.05) is 13.1 Å². The van der Waals surface area contributed by atoms with Gasteiger partial charge in [-0.25, -0.2) is 0 Å². The molecule has 3 nitrogen and oxygen atoms in total. The third kappa shape index (κ3) is 5.11. The molecule has 0 atom stereocenters. The molecular formula is C9H18ClNO2. The first-order valence-corrected chi connectivity index (χ1v) is 4.40. The standard InChI is InChI=1S/C9H17NO2.ClH/c1-9(2,3)12-8(11)4-7-5-10-6-7;/h7,10H,4-6H2,1-3H3;1H. The van der Waals surface area contributed by atoms with Gasteiger partial charge in [0.1, 0.15) is 5.60 Å². The molecule has 0 unspecified atom stereocenters. The normalized spacial score (nSPS) is 17.2. The van der Waals surface area contributed by atoms with Crippen LogP contribution in [-0.2, 0) is 9.53 Å². The fourth-order valence-electron chi connectivity index (χ4n) is 1.11. The molecule has 13 heavy (non-hydrogen) atoms. The topological polar surface area (TPSA) is 38.3 Å². The van der Waals surface area contributed by atoms with E-state index < -0.39 is 0 Å². The van der Waals surface area contributed by atoms with Gasteiger partial charge in [-0.3, -0.25) is 4.79 Å². The number of carbonyl (C=O) groups excluding carboxylic acids is 1. The first-order chi connectivity index (χ1) is 5.47. The molecular weight excluding hydrogens is 190 g/mol. The van der Waals surface area contributed by atoms with Crippen molar-refractivity contribution < 1.29 is 9.53 Å². The Morgan fingerprint density at radius 3 is 2.31 bits per heavy atom. The first kappa shape index (κ1) is 12.7. The van der Waals surface area contributed by atoms with Crippen LogP contribution in [0.3, 0.4) is 0 Å². The van der Waals surface area contributed by atoms with Gasteiger partial charge in [0.15, 0.2) is 0 Å². The Labute approximate surface area is 85.6 Å². The fraction of sp³-hybridized carbons (Fsp3) is 0.889. The first-order valence-electron chi connectivity index (χ1n) is 4.40. The minimum Gasteiger partial charge on any atom is -0.460 e. The smallest absolute Gasteiger partial charge is 0.306 e. The Morgan fingerprint density at radius 2 is 2.00 bits per heavy atom. The van der Waals surface area contributed by atoms with Crippen LogP contribution < -0.4 is 5.32 Å². The molecule has 0 saturated carbocycles. The van der Waals surface area contributed by atoms with Gasteiger partial charge < -0.3 is 10.1 Å². The molecule has 1 heterocycles. The van der Waals surface area contributed by atoms with Crippen LogP contribution in [0.4, 0.5) is 0 Å². The second kappa shape index (κ2) is 4.82. The monoisotopic (exact) mass is 207 g/mol. The van der Waals surface area contributed by atoms with Crippen LogP contribution in [0.2, 0.25) is 0 Å². The summed E-state index contributed by atoms with van der Waals surface area (Å²) >= 11 is 0. The molecule has 1 aliphatic rings. The molecule has 0 spiro atoms. The van der Waals surface area contributed by atoms with E-state index in [-0.39, 0.29) is 24.0 Å². The third-order valence-electron chi connectivity index (χ3n) is 1.74. The van der Waals surface area contributed by atoms with Gasteiger partial charge in [-0.15, -0.1) is 12.4 Å². The second-order valence-electron chi connectivity index (χ2n) is 4.31. The van der Waals surface area contributed by atoms with E-state index in [0.29, 0.717) is 12.3 Å². The van der Waals surface area contributed by atoms with Crippen molar-refractivity contribution in [1.82, 2.24) is 5.32 Å². The molecule has 1 saturated heterocycles. The zero-order valence-electron chi connectivity index (χ0n) is 8.42. The Balaban J connectivity index is 0.00000144. The molecule has 0 aliphatic carbocycles. The predicted octanol–water partition coefficient (Wildman–Crippen LogP) is 1.36. The number of ether oxygens (including phenoxy) is 1. The molecule has 0 bridgehead atoms. The molecule has 1 N–H and O–H groups in total. The summed E-state index contributed by atoms with van der Waals surface area (Å²) in [5.41, 5.74) is -0.339. The van der Waals surface area contributed by atoms with Gasteiger partial charge in [0.2, 0.25) is 0 Å². The van der Waals surface area contributed by atoms with E-state index in [2.05, 4.69) is 5.32 Å². The number of carbonyl (C=O) groups is 1. The highest BCUT2D eigenvalue weighted by atomic mass is 35.5. The van der Waals surface area contributed by atoms with Crippen molar-refractivity contribution in [2.45, 2.75) is 32.8 Å². The number of rotatable bonds is 2. The second-order valence-corrected chi connectivity index (χ2v) is 4.31. The average molecular weight is 208 g/mol. The van der Waals surface area contributed by atoms with Crippen LogP contribution in [0.15, 0.2) is 0 Å². The molecule has 1 aliphatic heterocycles. The Hall–Kier alpha value is -0.280. The van der Waals surface area contributed by atoms with Crippen LogP contribution in [0.1, 0.15) is 27.2 Å². The summed E-state index contributed by atoms with van der Waals surface area (Å²) in [5, 5.41) is 3.12. The molecule has 78 valence electrons. The van der Waals surface area contributed by atoms with Crippen molar-refractivity contribution in [3.63, 3.8) is 0 Å². The molecule has 0 radical (unpaired) electrons. The third-order valence-corrected chi connectivity index (χ3v) is 1.74. The van der Waals surface area contributed by atoms with Crippen LogP contribution in [0.5, 0.6) is 0 Å². The maximum Gasteiger partial charge on any atom is 0.306 e. The largest absolute Gasteiger partial charge is 0.460 e. The summed E-state index contributed by atoms with van der Waals surface area (Å²) in [4.78, 5) is 11.2. The highest BCUT2D eigenvalue weighted by Gasteiger charge is 2.23. The van der Waals surface area contributed by atoms with E-state index in [1.165, 1.54) is 0 Å². The SMILES string of the molecule is CC(C)(C)OC(=O)CC1CNC1.Cl. The van der Waals surface area contributed by atoms with Crippen LogP contribution in [0, 0.1) is 5.92 Å². The summed E-state index contributed by atoms with van der Waals surface area (Å²) in [7, 11) is 0. The lowest BCUT2D eigenvalue weighted by atomic mass is 9.99. The van der Waals surface area contributed by atoms with Gasteiger partial charge >= 0.3 is 5.97 Å². The van der Waals surface area contributed by atoms with Gasteiger partial charge in [0.25, 0.3) is 0 Å². The lowest BCUT2D eigenvalue weighted by Gasteiger charge is -2.27. The maximum atomic E-state index is 11.2. The van der Waals surface area contributed by atoms with Crippen molar-refractivity contribution in [2.24, 2.45) is 5.92 Å².